The summed E-state index contributed by atoms with van der Waals surface area (Å²) in [6.45, 7) is 17.3. The van der Waals surface area contributed by atoms with Crippen LogP contribution >= 0.6 is 0 Å². The minimum atomic E-state index is -0.463. The summed E-state index contributed by atoms with van der Waals surface area (Å²) in [5.74, 6) is 0. The van der Waals surface area contributed by atoms with E-state index in [1.807, 2.05) is 48.5 Å². The van der Waals surface area contributed by atoms with Crippen molar-refractivity contribution in [2.24, 2.45) is 0 Å². The minimum absolute atomic E-state index is 0.176. The molecule has 0 unspecified atom stereocenters. The standard InChI is InChI=1S/C68H56N4O4/c1-37-41(5)67-42(6)38(2)65(37)54-27-15-48(16-28-54)46-11-19-51(20-12-46)59-35-64(72(75)76)60(36-63(59)71(73)74)52-23-31-56(32-24-52)68-43(7)39(3)66(40(4)44(68)8)53-25-13-47(14-26-53)45-9-17-49(18-10-45)57-33-62(70)58(34-61(57)69)50-21-29-55(67)30-22-50/h9-36H,69-70H2,1-8H3. The molecule has 0 spiro atoms. The lowest BCUT2D eigenvalue weighted by Crippen LogP contribution is -2.00. The molecular formula is C68H56N4O4. The summed E-state index contributed by atoms with van der Waals surface area (Å²) < 4.78 is 0. The van der Waals surface area contributed by atoms with Gasteiger partial charge in [-0.15, -0.1) is 0 Å². The van der Waals surface area contributed by atoms with Crippen molar-refractivity contribution in [1.29, 1.82) is 0 Å². The Kier molecular flexibility index (Phi) is 12.1. The fourth-order valence-corrected chi connectivity index (χ4v) is 11.8. The third-order valence-corrected chi connectivity index (χ3v) is 16.4. The molecule has 0 radical (unpaired) electrons. The number of nitro benzene ring substituents is 2. The topological polar surface area (TPSA) is 138 Å². The molecule has 0 atom stereocenters. The second-order valence-electron chi connectivity index (χ2n) is 20.4. The molecule has 28 aliphatic rings. The predicted molar refractivity (Wildman–Crippen MR) is 314 cm³/mol. The third-order valence-electron chi connectivity index (χ3n) is 16.4. The van der Waals surface area contributed by atoms with E-state index in [1.165, 1.54) is 51.1 Å². The fourth-order valence-electron chi connectivity index (χ4n) is 11.8. The van der Waals surface area contributed by atoms with Crippen LogP contribution in [0.1, 0.15) is 44.5 Å². The van der Waals surface area contributed by atoms with Gasteiger partial charge >= 0.3 is 0 Å². The van der Waals surface area contributed by atoms with E-state index < -0.39 is 9.85 Å². The smallest absolute Gasteiger partial charge is 0.278 e. The van der Waals surface area contributed by atoms with Gasteiger partial charge in [0.25, 0.3) is 11.4 Å². The van der Waals surface area contributed by atoms with Gasteiger partial charge in [-0.25, -0.2) is 0 Å². The second-order valence-corrected chi connectivity index (χ2v) is 20.4. The van der Waals surface area contributed by atoms with Crippen LogP contribution in [-0.2, 0) is 0 Å². The van der Waals surface area contributed by atoms with Crippen LogP contribution in [0.15, 0.2) is 170 Å². The van der Waals surface area contributed by atoms with Crippen LogP contribution in [0.3, 0.4) is 0 Å². The highest BCUT2D eigenvalue weighted by Gasteiger charge is 2.27. The number of benzene rings is 10. The van der Waals surface area contributed by atoms with E-state index in [1.54, 1.807) is 12.1 Å². The van der Waals surface area contributed by atoms with E-state index in [4.69, 9.17) is 11.5 Å². The second kappa shape index (κ2) is 18.8. The molecule has 10 aromatic carbocycles. The quantitative estimate of drug-likeness (QED) is 0.100. The highest BCUT2D eigenvalue weighted by Crippen LogP contribution is 2.46. The molecule has 76 heavy (non-hydrogen) atoms. The van der Waals surface area contributed by atoms with Crippen molar-refractivity contribution in [1.82, 2.24) is 0 Å². The van der Waals surface area contributed by atoms with Crippen LogP contribution in [0.2, 0.25) is 0 Å². The Balaban J connectivity index is 1.03. The van der Waals surface area contributed by atoms with Gasteiger partial charge in [-0.05, 0) is 201 Å². The third kappa shape index (κ3) is 8.19. The van der Waals surface area contributed by atoms with Crippen molar-refractivity contribution in [2.45, 2.75) is 55.4 Å². The van der Waals surface area contributed by atoms with Gasteiger partial charge in [0, 0.05) is 34.6 Å². The van der Waals surface area contributed by atoms with Crippen LogP contribution in [0.25, 0.3) is 111 Å². The number of nitrogens with zero attached hydrogens (tertiary/aromatic N) is 2. The van der Waals surface area contributed by atoms with E-state index in [0.717, 1.165) is 94.6 Å². The molecular weight excluding hydrogens is 937 g/mol. The minimum Gasteiger partial charge on any atom is -0.398 e. The van der Waals surface area contributed by atoms with Crippen LogP contribution in [0.5, 0.6) is 0 Å². The Morgan fingerprint density at radius 1 is 0.263 bits per heavy atom. The first-order valence-corrected chi connectivity index (χ1v) is 25.5. The Bertz CT molecular complexity index is 3970. The number of nitrogens with two attached hydrogens (primary N) is 2. The summed E-state index contributed by atoms with van der Waals surface area (Å²) in [7, 11) is 0. The van der Waals surface area contributed by atoms with Gasteiger partial charge in [-0.2, -0.15) is 0 Å². The van der Waals surface area contributed by atoms with Crippen LogP contribution < -0.4 is 11.5 Å². The van der Waals surface area contributed by atoms with Gasteiger partial charge < -0.3 is 11.5 Å². The molecule has 28 aliphatic carbocycles. The number of hydrogen-bond donors (Lipinski definition) is 2. The molecule has 4 N–H and O–H groups in total. The lowest BCUT2D eigenvalue weighted by molar-refractivity contribution is -0.388. The van der Waals surface area contributed by atoms with Crippen LogP contribution in [0, 0.1) is 75.6 Å². The summed E-state index contributed by atoms with van der Waals surface area (Å²) in [5.41, 5.74) is 42.0. The van der Waals surface area contributed by atoms with E-state index in [0.29, 0.717) is 22.5 Å². The normalized spacial score (nSPS) is 11.5. The Morgan fingerprint density at radius 3 is 0.632 bits per heavy atom. The summed E-state index contributed by atoms with van der Waals surface area (Å²) >= 11 is 0. The highest BCUT2D eigenvalue weighted by atomic mass is 16.6. The van der Waals surface area contributed by atoms with E-state index in [2.05, 4.69) is 152 Å². The molecule has 0 saturated heterocycles. The maximum absolute atomic E-state index is 12.8. The molecule has 0 saturated carbocycles. The zero-order valence-corrected chi connectivity index (χ0v) is 43.8. The average Bonchev–Trinajstić information content (AvgIpc) is 3.43. The molecule has 0 heterocycles. The molecule has 8 heteroatoms. The van der Waals surface area contributed by atoms with Crippen LogP contribution in [-0.4, -0.2) is 9.85 Å². The van der Waals surface area contributed by atoms with E-state index in [-0.39, 0.29) is 22.5 Å². The van der Waals surface area contributed by atoms with Gasteiger partial charge in [0.05, 0.1) is 21.0 Å². The summed E-state index contributed by atoms with van der Waals surface area (Å²) in [4.78, 5) is 24.6. The predicted octanol–water partition coefficient (Wildman–Crippen LogP) is 18.1. The van der Waals surface area contributed by atoms with Crippen molar-refractivity contribution < 1.29 is 9.85 Å². The number of anilines is 2. The molecule has 38 rings (SSSR count). The Morgan fingerprint density at radius 2 is 0.434 bits per heavy atom. The Labute approximate surface area is 443 Å². The molecule has 372 valence electrons. The lowest BCUT2D eigenvalue weighted by atomic mass is 9.83. The van der Waals surface area contributed by atoms with Crippen molar-refractivity contribution >= 4 is 22.7 Å². The van der Waals surface area contributed by atoms with Gasteiger partial charge in [0.15, 0.2) is 0 Å². The van der Waals surface area contributed by atoms with Crippen LogP contribution in [0.4, 0.5) is 22.7 Å². The fraction of sp³-hybridized carbons (Fsp3) is 0.118. The largest absolute Gasteiger partial charge is 0.398 e. The first kappa shape index (κ1) is 48.8. The van der Waals surface area contributed by atoms with Crippen molar-refractivity contribution in [3.8, 4) is 111 Å². The average molecular weight is 993 g/mol. The van der Waals surface area contributed by atoms with Gasteiger partial charge in [-0.1, -0.05) is 146 Å². The monoisotopic (exact) mass is 992 g/mol. The SMILES string of the molecule is Cc1c(C)c2c(C)c(C)c1-c1ccc(cc1)-c1ccc(cc1)-c1cc([N+](=O)[O-])c(cc1[N+](=O)[O-])-c1ccc(cc1)-c1c(C)c(C)c(c(C)c1C)-c1ccc(cc1)-c1ccc(cc1)-c1cc(N)c(cc1N)-c1ccc-2cc1. The number of nitro groups is 2. The van der Waals surface area contributed by atoms with Gasteiger partial charge in [-0.3, -0.25) is 20.2 Å². The van der Waals surface area contributed by atoms with E-state index in [9.17, 15) is 20.2 Å². The highest BCUT2D eigenvalue weighted by molar-refractivity contribution is 5.92. The first-order chi connectivity index (χ1) is 36.5. The van der Waals surface area contributed by atoms with Gasteiger partial charge in [0.2, 0.25) is 0 Å². The summed E-state index contributed by atoms with van der Waals surface area (Å²) in [6.07, 6.45) is 0. The summed E-state index contributed by atoms with van der Waals surface area (Å²) in [5, 5.41) is 25.6. The van der Waals surface area contributed by atoms with Crippen molar-refractivity contribution in [3.63, 3.8) is 0 Å². The lowest BCUT2D eigenvalue weighted by Gasteiger charge is -2.22. The molecule has 0 aromatic heterocycles. The molecule has 0 aliphatic heterocycles. The number of rotatable bonds is 2. The maximum Gasteiger partial charge on any atom is 0.278 e. The first-order valence-electron chi connectivity index (χ1n) is 25.5. The molecule has 0 fully saturated rings. The van der Waals surface area contributed by atoms with Gasteiger partial charge in [0.1, 0.15) is 0 Å². The number of hydrogen-bond acceptors (Lipinski definition) is 6. The zero-order valence-electron chi connectivity index (χ0n) is 43.8. The summed E-state index contributed by atoms with van der Waals surface area (Å²) in [6, 6.07) is 55.8. The van der Waals surface area contributed by atoms with E-state index >= 15 is 0 Å². The molecule has 20 bridgehead atoms. The molecule has 8 nitrogen and oxygen atoms in total. The van der Waals surface area contributed by atoms with Crippen molar-refractivity contribution in [3.05, 3.63) is 235 Å². The number of nitrogen functional groups attached to an aromatic ring is 2. The van der Waals surface area contributed by atoms with Crippen molar-refractivity contribution in [2.75, 3.05) is 11.5 Å². The molecule has 0 amide bonds. The Hall–Kier alpha value is -9.40. The maximum atomic E-state index is 12.8. The zero-order chi connectivity index (χ0) is 53.4. The molecule has 10 aromatic rings.